The second-order valence-electron chi connectivity index (χ2n) is 4.43. The first-order valence-electron chi connectivity index (χ1n) is 6.13. The van der Waals surface area contributed by atoms with Crippen molar-refractivity contribution in [3.63, 3.8) is 0 Å². The molecule has 0 saturated heterocycles. The van der Waals surface area contributed by atoms with E-state index in [4.69, 9.17) is 10.5 Å². The van der Waals surface area contributed by atoms with Gasteiger partial charge in [-0.05, 0) is 25.0 Å². The lowest BCUT2D eigenvalue weighted by atomic mass is 10.2. The van der Waals surface area contributed by atoms with E-state index in [1.807, 2.05) is 0 Å². The molecule has 1 fully saturated rings. The quantitative estimate of drug-likeness (QED) is 0.737. The Morgan fingerprint density at radius 3 is 2.68 bits per heavy atom. The van der Waals surface area contributed by atoms with Gasteiger partial charge in [-0.3, -0.25) is 9.59 Å². The van der Waals surface area contributed by atoms with Crippen molar-refractivity contribution in [2.45, 2.75) is 12.8 Å². The number of carbonyl (C=O) groups is 2. The van der Waals surface area contributed by atoms with Crippen molar-refractivity contribution in [1.29, 1.82) is 0 Å². The van der Waals surface area contributed by atoms with Crippen molar-refractivity contribution < 1.29 is 14.3 Å². The maximum Gasteiger partial charge on any atom is 0.238 e. The molecule has 6 nitrogen and oxygen atoms in total. The molecule has 0 spiro atoms. The fourth-order valence-corrected chi connectivity index (χ4v) is 1.66. The summed E-state index contributed by atoms with van der Waals surface area (Å²) in [6.45, 7) is -0.0809. The minimum absolute atomic E-state index is 0.0112. The van der Waals surface area contributed by atoms with Crippen LogP contribution in [0.5, 0.6) is 5.75 Å². The van der Waals surface area contributed by atoms with E-state index in [0.29, 0.717) is 17.1 Å². The number of ether oxygens (including phenoxy) is 1. The number of hydrogen-bond donors (Lipinski definition) is 3. The first-order chi connectivity index (χ1) is 9.13. The molecule has 102 valence electrons. The second kappa shape index (κ2) is 5.71. The van der Waals surface area contributed by atoms with Crippen LogP contribution in [0.2, 0.25) is 0 Å². The summed E-state index contributed by atoms with van der Waals surface area (Å²) in [6.07, 6.45) is 1.89. The summed E-state index contributed by atoms with van der Waals surface area (Å²) in [4.78, 5) is 22.9. The first-order valence-corrected chi connectivity index (χ1v) is 6.13. The first kappa shape index (κ1) is 13.4. The van der Waals surface area contributed by atoms with E-state index >= 15 is 0 Å². The lowest BCUT2D eigenvalue weighted by Gasteiger charge is -2.12. The summed E-state index contributed by atoms with van der Waals surface area (Å²) in [7, 11) is 1.51. The molecule has 1 aliphatic rings. The van der Waals surface area contributed by atoms with Crippen LogP contribution in [0, 0.1) is 5.92 Å². The minimum atomic E-state index is -0.281. The van der Waals surface area contributed by atoms with E-state index in [0.717, 1.165) is 12.8 Å². The molecule has 1 saturated carbocycles. The van der Waals surface area contributed by atoms with Gasteiger partial charge in [0.05, 0.1) is 19.3 Å². The highest BCUT2D eigenvalue weighted by molar-refractivity contribution is 5.96. The average Bonchev–Trinajstić information content (AvgIpc) is 3.24. The van der Waals surface area contributed by atoms with Gasteiger partial charge >= 0.3 is 0 Å². The molecule has 0 atom stereocenters. The topological polar surface area (TPSA) is 93.4 Å². The van der Waals surface area contributed by atoms with Gasteiger partial charge in [0.2, 0.25) is 11.8 Å². The van der Waals surface area contributed by atoms with Gasteiger partial charge in [0.1, 0.15) is 5.75 Å². The van der Waals surface area contributed by atoms with E-state index in [1.165, 1.54) is 7.11 Å². The molecule has 2 rings (SSSR count). The Bertz CT molecular complexity index is 498. The number of anilines is 2. The number of nitrogens with one attached hydrogen (secondary N) is 2. The molecule has 0 aromatic heterocycles. The molecular weight excluding hydrogens is 246 g/mol. The predicted molar refractivity (Wildman–Crippen MR) is 72.0 cm³/mol. The zero-order valence-electron chi connectivity index (χ0n) is 10.7. The zero-order chi connectivity index (χ0) is 13.8. The molecule has 2 amide bonds. The number of methoxy groups -OCH3 is 1. The Morgan fingerprint density at radius 1 is 1.37 bits per heavy atom. The number of benzene rings is 1. The molecule has 4 N–H and O–H groups in total. The van der Waals surface area contributed by atoms with Gasteiger partial charge in [0, 0.05) is 17.7 Å². The summed E-state index contributed by atoms with van der Waals surface area (Å²) in [5.41, 5.74) is 6.41. The Labute approximate surface area is 111 Å². The largest absolute Gasteiger partial charge is 0.494 e. The highest BCUT2D eigenvalue weighted by atomic mass is 16.5. The Morgan fingerprint density at radius 2 is 2.11 bits per heavy atom. The third-order valence-corrected chi connectivity index (χ3v) is 2.88. The van der Waals surface area contributed by atoms with Gasteiger partial charge in [-0.25, -0.2) is 0 Å². The highest BCUT2D eigenvalue weighted by Crippen LogP contribution is 2.33. The Hall–Kier alpha value is -2.08. The van der Waals surface area contributed by atoms with Crippen molar-refractivity contribution in [3.05, 3.63) is 18.2 Å². The summed E-state index contributed by atoms with van der Waals surface area (Å²) in [5.74, 6) is 0.360. The number of carbonyl (C=O) groups excluding carboxylic acids is 2. The molecule has 0 unspecified atom stereocenters. The number of hydrogen-bond acceptors (Lipinski definition) is 4. The van der Waals surface area contributed by atoms with Gasteiger partial charge in [0.25, 0.3) is 0 Å². The van der Waals surface area contributed by atoms with E-state index in [2.05, 4.69) is 10.6 Å². The normalized spacial score (nSPS) is 13.8. The average molecular weight is 263 g/mol. The molecule has 1 aromatic carbocycles. The fourth-order valence-electron chi connectivity index (χ4n) is 1.66. The van der Waals surface area contributed by atoms with E-state index in [9.17, 15) is 9.59 Å². The highest BCUT2D eigenvalue weighted by Gasteiger charge is 2.30. The van der Waals surface area contributed by atoms with Crippen LogP contribution >= 0.6 is 0 Å². The zero-order valence-corrected chi connectivity index (χ0v) is 10.7. The predicted octanol–water partition coefficient (Wildman–Crippen LogP) is 0.941. The molecule has 6 heteroatoms. The lowest BCUT2D eigenvalue weighted by Crippen LogP contribution is -2.21. The maximum absolute atomic E-state index is 11.7. The lowest BCUT2D eigenvalue weighted by molar-refractivity contribution is -0.117. The molecule has 1 aliphatic carbocycles. The van der Waals surface area contributed by atoms with Crippen molar-refractivity contribution in [1.82, 2.24) is 0 Å². The molecule has 0 heterocycles. The van der Waals surface area contributed by atoms with Crippen molar-refractivity contribution >= 4 is 23.2 Å². The summed E-state index contributed by atoms with van der Waals surface area (Å²) in [6, 6.07) is 5.04. The number of nitrogens with two attached hydrogens (primary N) is 1. The smallest absolute Gasteiger partial charge is 0.238 e. The Kier molecular flexibility index (Phi) is 4.01. The molecule has 19 heavy (non-hydrogen) atoms. The second-order valence-corrected chi connectivity index (χ2v) is 4.43. The monoisotopic (exact) mass is 263 g/mol. The van der Waals surface area contributed by atoms with Gasteiger partial charge in [-0.2, -0.15) is 0 Å². The number of rotatable bonds is 5. The molecule has 0 bridgehead atoms. The SMILES string of the molecule is COc1cc(NC(=O)CN)ccc1NC(=O)C1CC1. The third kappa shape index (κ3) is 3.45. The van der Waals surface area contributed by atoms with E-state index < -0.39 is 0 Å². The van der Waals surface area contributed by atoms with Crippen molar-refractivity contribution in [2.24, 2.45) is 11.7 Å². The Balaban J connectivity index is 2.11. The van der Waals surface area contributed by atoms with Crippen molar-refractivity contribution in [3.8, 4) is 5.75 Å². The van der Waals surface area contributed by atoms with E-state index in [1.54, 1.807) is 18.2 Å². The molecular formula is C13H17N3O3. The van der Waals surface area contributed by atoms with Crippen LogP contribution in [0.4, 0.5) is 11.4 Å². The minimum Gasteiger partial charge on any atom is -0.494 e. The van der Waals surface area contributed by atoms with Crippen LogP contribution in [0.25, 0.3) is 0 Å². The maximum atomic E-state index is 11.7. The van der Waals surface area contributed by atoms with Crippen LogP contribution in [-0.2, 0) is 9.59 Å². The summed E-state index contributed by atoms with van der Waals surface area (Å²) >= 11 is 0. The summed E-state index contributed by atoms with van der Waals surface area (Å²) in [5, 5.41) is 5.44. The molecule has 0 radical (unpaired) electrons. The van der Waals surface area contributed by atoms with Crippen LogP contribution < -0.4 is 21.1 Å². The summed E-state index contributed by atoms with van der Waals surface area (Å²) < 4.78 is 5.20. The van der Waals surface area contributed by atoms with Crippen LogP contribution in [0.15, 0.2) is 18.2 Å². The van der Waals surface area contributed by atoms with Crippen molar-refractivity contribution in [2.75, 3.05) is 24.3 Å². The van der Waals surface area contributed by atoms with Gasteiger partial charge in [-0.1, -0.05) is 0 Å². The molecule has 1 aromatic rings. The van der Waals surface area contributed by atoms with Crippen LogP contribution in [0.3, 0.4) is 0 Å². The van der Waals surface area contributed by atoms with Gasteiger partial charge < -0.3 is 21.1 Å². The van der Waals surface area contributed by atoms with Crippen LogP contribution in [0.1, 0.15) is 12.8 Å². The van der Waals surface area contributed by atoms with Gasteiger partial charge in [0.15, 0.2) is 0 Å². The van der Waals surface area contributed by atoms with Crippen LogP contribution in [-0.4, -0.2) is 25.5 Å². The van der Waals surface area contributed by atoms with E-state index in [-0.39, 0.29) is 24.3 Å². The standard InChI is InChI=1S/C13H17N3O3/c1-19-11-6-9(15-12(17)7-14)4-5-10(11)16-13(18)8-2-3-8/h4-6,8H,2-3,7,14H2,1H3,(H,15,17)(H,16,18). The van der Waals surface area contributed by atoms with Gasteiger partial charge in [-0.15, -0.1) is 0 Å². The number of amides is 2. The molecule has 0 aliphatic heterocycles. The fraction of sp³-hybridized carbons (Fsp3) is 0.385. The third-order valence-electron chi connectivity index (χ3n) is 2.88.